The molecule has 0 aliphatic carbocycles. The van der Waals surface area contributed by atoms with Gasteiger partial charge in [0, 0.05) is 67.2 Å². The number of carbonyl (C=O) groups excluding carboxylic acids is 1. The molecule has 0 bridgehead atoms. The Balaban J connectivity index is 1.31. The van der Waals surface area contributed by atoms with Crippen molar-refractivity contribution in [2.45, 2.75) is 19.4 Å². The average molecular weight is 413 g/mol. The monoisotopic (exact) mass is 413 g/mol. The van der Waals surface area contributed by atoms with Crippen molar-refractivity contribution in [3.63, 3.8) is 0 Å². The highest BCUT2D eigenvalue weighted by Crippen LogP contribution is 2.25. The van der Waals surface area contributed by atoms with Crippen molar-refractivity contribution in [2.24, 2.45) is 7.05 Å². The molecule has 5 rings (SSSR count). The molecule has 1 amide bonds. The maximum absolute atomic E-state index is 12.3. The summed E-state index contributed by atoms with van der Waals surface area (Å²) in [5, 5.41) is 8.57. The van der Waals surface area contributed by atoms with Crippen molar-refractivity contribution in [1.82, 2.24) is 34.4 Å². The number of aryl methyl sites for hydroxylation is 1. The molecule has 0 N–H and O–H groups in total. The SMILES string of the molecule is Cn1cc(-c2cccc(-c3ncc(-c4cnn(CC(=O)N5CCCC5)c4)cn3)c2)cn1. The number of amides is 1. The van der Waals surface area contributed by atoms with Crippen LogP contribution in [-0.4, -0.2) is 53.4 Å². The zero-order valence-corrected chi connectivity index (χ0v) is 17.3. The summed E-state index contributed by atoms with van der Waals surface area (Å²) in [6.07, 6.45) is 13.2. The predicted molar refractivity (Wildman–Crippen MR) is 117 cm³/mol. The van der Waals surface area contributed by atoms with E-state index >= 15 is 0 Å². The minimum atomic E-state index is 0.118. The van der Waals surface area contributed by atoms with Gasteiger partial charge in [-0.25, -0.2) is 9.97 Å². The standard InChI is InChI=1S/C23H23N7O/c1-28-14-20(12-26-28)17-5-4-6-18(9-17)23-24-10-19(11-25-23)21-13-27-30(15-21)16-22(31)29-7-2-3-8-29/h4-6,9-15H,2-3,7-8,16H2,1H3. The van der Waals surface area contributed by atoms with Gasteiger partial charge in [0.05, 0.1) is 12.4 Å². The number of aromatic nitrogens is 6. The van der Waals surface area contributed by atoms with Gasteiger partial charge in [0.25, 0.3) is 0 Å². The maximum Gasteiger partial charge on any atom is 0.244 e. The average Bonchev–Trinajstić information content (AvgIpc) is 3.56. The van der Waals surface area contributed by atoms with Crippen LogP contribution in [0.2, 0.25) is 0 Å². The Labute approximate surface area is 180 Å². The Morgan fingerprint density at radius 3 is 2.32 bits per heavy atom. The van der Waals surface area contributed by atoms with Gasteiger partial charge in [-0.15, -0.1) is 0 Å². The van der Waals surface area contributed by atoms with Crippen LogP contribution in [0.3, 0.4) is 0 Å². The molecule has 3 aromatic heterocycles. The van der Waals surface area contributed by atoms with Gasteiger partial charge in [0.15, 0.2) is 5.82 Å². The number of hydrogen-bond acceptors (Lipinski definition) is 5. The summed E-state index contributed by atoms with van der Waals surface area (Å²) >= 11 is 0. The Morgan fingerprint density at radius 2 is 1.58 bits per heavy atom. The van der Waals surface area contributed by atoms with Gasteiger partial charge in [-0.1, -0.05) is 18.2 Å². The van der Waals surface area contributed by atoms with E-state index in [-0.39, 0.29) is 12.5 Å². The van der Waals surface area contributed by atoms with Gasteiger partial charge in [-0.2, -0.15) is 10.2 Å². The van der Waals surface area contributed by atoms with E-state index in [0.29, 0.717) is 5.82 Å². The van der Waals surface area contributed by atoms with Crippen molar-refractivity contribution in [3.8, 4) is 33.6 Å². The first kappa shape index (κ1) is 19.2. The zero-order chi connectivity index (χ0) is 21.2. The molecule has 1 aliphatic rings. The third-order valence-corrected chi connectivity index (χ3v) is 5.53. The third-order valence-electron chi connectivity index (χ3n) is 5.53. The molecule has 0 atom stereocenters. The fourth-order valence-electron chi connectivity index (χ4n) is 3.84. The summed E-state index contributed by atoms with van der Waals surface area (Å²) in [5.74, 6) is 0.776. The molecule has 0 radical (unpaired) electrons. The van der Waals surface area contributed by atoms with Gasteiger partial charge in [0.2, 0.25) is 5.91 Å². The lowest BCUT2D eigenvalue weighted by Crippen LogP contribution is -2.31. The number of benzene rings is 1. The van der Waals surface area contributed by atoms with E-state index in [1.807, 2.05) is 48.7 Å². The summed E-state index contributed by atoms with van der Waals surface area (Å²) in [4.78, 5) is 23.3. The molecule has 4 heterocycles. The molecule has 31 heavy (non-hydrogen) atoms. The Morgan fingerprint density at radius 1 is 0.871 bits per heavy atom. The van der Waals surface area contributed by atoms with Crippen LogP contribution >= 0.6 is 0 Å². The molecule has 4 aromatic rings. The Bertz CT molecular complexity index is 1200. The molecule has 8 nitrogen and oxygen atoms in total. The second-order valence-corrected chi connectivity index (χ2v) is 7.79. The van der Waals surface area contributed by atoms with E-state index in [0.717, 1.165) is 53.7 Å². The van der Waals surface area contributed by atoms with Crippen LogP contribution in [0.15, 0.2) is 61.4 Å². The van der Waals surface area contributed by atoms with Gasteiger partial charge >= 0.3 is 0 Å². The first-order valence-corrected chi connectivity index (χ1v) is 10.4. The first-order valence-electron chi connectivity index (χ1n) is 10.4. The normalized spacial score (nSPS) is 13.6. The third kappa shape index (κ3) is 4.09. The number of carbonyl (C=O) groups is 1. The summed E-state index contributed by atoms with van der Waals surface area (Å²) in [5.41, 5.74) is 4.83. The number of likely N-dealkylation sites (tertiary alicyclic amines) is 1. The summed E-state index contributed by atoms with van der Waals surface area (Å²) in [6, 6.07) is 8.11. The molecule has 8 heteroatoms. The summed E-state index contributed by atoms with van der Waals surface area (Å²) in [6.45, 7) is 1.97. The highest BCUT2D eigenvalue weighted by molar-refractivity contribution is 5.76. The zero-order valence-electron chi connectivity index (χ0n) is 17.3. The molecule has 0 unspecified atom stereocenters. The topological polar surface area (TPSA) is 81.7 Å². The lowest BCUT2D eigenvalue weighted by Gasteiger charge is -2.14. The van der Waals surface area contributed by atoms with Crippen LogP contribution in [0.5, 0.6) is 0 Å². The number of hydrogen-bond donors (Lipinski definition) is 0. The largest absolute Gasteiger partial charge is 0.341 e. The van der Waals surface area contributed by atoms with Crippen molar-refractivity contribution in [2.75, 3.05) is 13.1 Å². The van der Waals surface area contributed by atoms with Gasteiger partial charge in [-0.05, 0) is 24.5 Å². The number of nitrogens with zero attached hydrogens (tertiary/aromatic N) is 7. The van der Waals surface area contributed by atoms with Crippen LogP contribution in [0.4, 0.5) is 0 Å². The quantitative estimate of drug-likeness (QED) is 0.502. The molecular formula is C23H23N7O. The predicted octanol–water partition coefficient (Wildman–Crippen LogP) is 3.03. The number of rotatable bonds is 5. The smallest absolute Gasteiger partial charge is 0.244 e. The molecule has 156 valence electrons. The van der Waals surface area contributed by atoms with Crippen LogP contribution in [-0.2, 0) is 18.4 Å². The minimum Gasteiger partial charge on any atom is -0.341 e. The first-order chi connectivity index (χ1) is 15.2. The molecule has 0 saturated carbocycles. The maximum atomic E-state index is 12.3. The van der Waals surface area contributed by atoms with Crippen molar-refractivity contribution in [1.29, 1.82) is 0 Å². The van der Waals surface area contributed by atoms with E-state index in [4.69, 9.17) is 0 Å². The van der Waals surface area contributed by atoms with Crippen LogP contribution in [0, 0.1) is 0 Å². The summed E-state index contributed by atoms with van der Waals surface area (Å²) in [7, 11) is 1.90. The Hall–Kier alpha value is -3.81. The molecule has 1 aliphatic heterocycles. The Kier molecular flexibility index (Phi) is 5.03. The van der Waals surface area contributed by atoms with Crippen LogP contribution in [0.1, 0.15) is 12.8 Å². The highest BCUT2D eigenvalue weighted by atomic mass is 16.2. The lowest BCUT2D eigenvalue weighted by atomic mass is 10.1. The van der Waals surface area contributed by atoms with Crippen LogP contribution < -0.4 is 0 Å². The second-order valence-electron chi connectivity index (χ2n) is 7.79. The second kappa shape index (κ2) is 8.14. The van der Waals surface area contributed by atoms with Gasteiger partial charge in [-0.3, -0.25) is 14.2 Å². The van der Waals surface area contributed by atoms with Crippen molar-refractivity contribution in [3.05, 3.63) is 61.4 Å². The van der Waals surface area contributed by atoms with Crippen molar-refractivity contribution < 1.29 is 4.79 Å². The van der Waals surface area contributed by atoms with E-state index in [2.05, 4.69) is 26.2 Å². The van der Waals surface area contributed by atoms with E-state index in [1.165, 1.54) is 0 Å². The minimum absolute atomic E-state index is 0.118. The van der Waals surface area contributed by atoms with E-state index < -0.39 is 0 Å². The van der Waals surface area contributed by atoms with Gasteiger partial charge < -0.3 is 4.90 Å². The molecule has 0 spiro atoms. The fourth-order valence-corrected chi connectivity index (χ4v) is 3.84. The van der Waals surface area contributed by atoms with Crippen LogP contribution in [0.25, 0.3) is 33.6 Å². The van der Waals surface area contributed by atoms with E-state index in [1.54, 1.807) is 28.0 Å². The fraction of sp³-hybridized carbons (Fsp3) is 0.261. The molecule has 1 fully saturated rings. The van der Waals surface area contributed by atoms with Gasteiger partial charge in [0.1, 0.15) is 6.54 Å². The van der Waals surface area contributed by atoms with Crippen molar-refractivity contribution >= 4 is 5.91 Å². The summed E-state index contributed by atoms with van der Waals surface area (Å²) < 4.78 is 3.47. The molecule has 1 saturated heterocycles. The molecule has 1 aromatic carbocycles. The molecular weight excluding hydrogens is 390 g/mol. The highest BCUT2D eigenvalue weighted by Gasteiger charge is 2.18. The van der Waals surface area contributed by atoms with E-state index in [9.17, 15) is 4.79 Å². The lowest BCUT2D eigenvalue weighted by molar-refractivity contribution is -0.130.